The van der Waals surface area contributed by atoms with Crippen LogP contribution in [0.3, 0.4) is 0 Å². The molecule has 0 spiro atoms. The van der Waals surface area contributed by atoms with Crippen LogP contribution in [0.4, 0.5) is 0 Å². The van der Waals surface area contributed by atoms with Gasteiger partial charge in [0.15, 0.2) is 9.84 Å². The average molecular weight is 326 g/mol. The van der Waals surface area contributed by atoms with E-state index in [2.05, 4.69) is 0 Å². The van der Waals surface area contributed by atoms with Crippen LogP contribution in [0, 0.1) is 0 Å². The van der Waals surface area contributed by atoms with Crippen molar-refractivity contribution in [2.75, 3.05) is 5.75 Å². The van der Waals surface area contributed by atoms with Crippen molar-refractivity contribution in [1.29, 1.82) is 0 Å². The Morgan fingerprint density at radius 2 is 1.68 bits per heavy atom. The fourth-order valence-electron chi connectivity index (χ4n) is 1.84. The molecule has 0 saturated heterocycles. The predicted molar refractivity (Wildman–Crippen MR) is 87.8 cm³/mol. The first-order valence-corrected chi connectivity index (χ1v) is 9.43. The van der Waals surface area contributed by atoms with Crippen molar-refractivity contribution in [2.24, 2.45) is 0 Å². The Morgan fingerprint density at radius 3 is 2.18 bits per heavy atom. The number of ether oxygens (including phenoxy) is 1. The van der Waals surface area contributed by atoms with Crippen molar-refractivity contribution in [2.45, 2.75) is 63.9 Å². The molecule has 0 amide bonds. The Morgan fingerprint density at radius 1 is 1.09 bits per heavy atom. The van der Waals surface area contributed by atoms with E-state index in [0.717, 1.165) is 12.8 Å². The molecule has 0 unspecified atom stereocenters. The Labute approximate surface area is 133 Å². The normalized spacial score (nSPS) is 12.2. The largest absolute Gasteiger partial charge is 0.456 e. The molecule has 0 aliphatic heterocycles. The van der Waals surface area contributed by atoms with Gasteiger partial charge in [-0.1, -0.05) is 26.7 Å². The molecular weight excluding hydrogens is 300 g/mol. The minimum absolute atomic E-state index is 0.146. The highest BCUT2D eigenvalue weighted by atomic mass is 32.2. The SMILES string of the molecule is CCCCCS(=O)(=O)c1ccc(C(=O)OC(C)(C)CC)cc1. The summed E-state index contributed by atoms with van der Waals surface area (Å²) in [5.41, 5.74) is -0.156. The predicted octanol–water partition coefficient (Wildman–Crippen LogP) is 4.00. The van der Waals surface area contributed by atoms with Gasteiger partial charge in [0.25, 0.3) is 0 Å². The summed E-state index contributed by atoms with van der Waals surface area (Å²) >= 11 is 0. The third-order valence-electron chi connectivity index (χ3n) is 3.69. The molecule has 4 nitrogen and oxygen atoms in total. The first kappa shape index (κ1) is 18.7. The Hall–Kier alpha value is -1.36. The van der Waals surface area contributed by atoms with Crippen molar-refractivity contribution in [1.82, 2.24) is 0 Å². The lowest BCUT2D eigenvalue weighted by molar-refractivity contribution is -0.00244. The zero-order chi connectivity index (χ0) is 16.8. The van der Waals surface area contributed by atoms with Gasteiger partial charge >= 0.3 is 5.97 Å². The third kappa shape index (κ3) is 5.44. The van der Waals surface area contributed by atoms with Crippen LogP contribution in [0.25, 0.3) is 0 Å². The van der Waals surface area contributed by atoms with E-state index >= 15 is 0 Å². The van der Waals surface area contributed by atoms with Gasteiger partial charge in [-0.15, -0.1) is 0 Å². The lowest BCUT2D eigenvalue weighted by Gasteiger charge is -2.23. The van der Waals surface area contributed by atoms with Gasteiger partial charge in [-0.2, -0.15) is 0 Å². The summed E-state index contributed by atoms with van der Waals surface area (Å²) in [5, 5.41) is 0. The maximum Gasteiger partial charge on any atom is 0.338 e. The van der Waals surface area contributed by atoms with Crippen LogP contribution in [0.1, 0.15) is 63.7 Å². The number of esters is 1. The second-order valence-corrected chi connectivity index (χ2v) is 8.16. The van der Waals surface area contributed by atoms with E-state index in [4.69, 9.17) is 4.74 Å². The van der Waals surface area contributed by atoms with E-state index in [-0.39, 0.29) is 10.6 Å². The van der Waals surface area contributed by atoms with Gasteiger partial charge in [0.05, 0.1) is 16.2 Å². The standard InChI is InChI=1S/C17H26O4S/c1-5-7-8-13-22(19,20)15-11-9-14(10-12-15)16(18)21-17(3,4)6-2/h9-12H,5-8,13H2,1-4H3. The van der Waals surface area contributed by atoms with Gasteiger partial charge in [-0.05, 0) is 51.0 Å². The second kappa shape index (κ2) is 7.77. The maximum atomic E-state index is 12.1. The van der Waals surface area contributed by atoms with Crippen LogP contribution in [-0.4, -0.2) is 25.7 Å². The molecule has 0 saturated carbocycles. The summed E-state index contributed by atoms with van der Waals surface area (Å²) in [5.74, 6) is -0.283. The molecule has 1 aromatic rings. The zero-order valence-electron chi connectivity index (χ0n) is 13.9. The highest BCUT2D eigenvalue weighted by Crippen LogP contribution is 2.19. The summed E-state index contributed by atoms with van der Waals surface area (Å²) in [6.45, 7) is 7.67. The number of unbranched alkanes of at least 4 members (excludes halogenated alkanes) is 2. The van der Waals surface area contributed by atoms with E-state index in [0.29, 0.717) is 18.4 Å². The molecule has 124 valence electrons. The van der Waals surface area contributed by atoms with Crippen LogP contribution < -0.4 is 0 Å². The second-order valence-electron chi connectivity index (χ2n) is 6.05. The summed E-state index contributed by atoms with van der Waals surface area (Å²) in [7, 11) is -3.27. The van der Waals surface area contributed by atoms with Gasteiger partial charge in [-0.25, -0.2) is 13.2 Å². The Kier molecular flexibility index (Phi) is 6.60. The Bertz CT molecular complexity index is 586. The minimum Gasteiger partial charge on any atom is -0.456 e. The molecule has 0 atom stereocenters. The third-order valence-corrected chi connectivity index (χ3v) is 5.50. The van der Waals surface area contributed by atoms with Crippen LogP contribution in [-0.2, 0) is 14.6 Å². The van der Waals surface area contributed by atoms with Crippen LogP contribution >= 0.6 is 0 Å². The van der Waals surface area contributed by atoms with Crippen molar-refractivity contribution >= 4 is 15.8 Å². The average Bonchev–Trinajstić information content (AvgIpc) is 2.47. The lowest BCUT2D eigenvalue weighted by atomic mass is 10.1. The monoisotopic (exact) mass is 326 g/mol. The topological polar surface area (TPSA) is 60.4 Å². The van der Waals surface area contributed by atoms with E-state index < -0.39 is 21.4 Å². The smallest absolute Gasteiger partial charge is 0.338 e. The number of benzene rings is 1. The van der Waals surface area contributed by atoms with Gasteiger partial charge in [-0.3, -0.25) is 0 Å². The molecule has 1 aromatic carbocycles. The van der Waals surface area contributed by atoms with E-state index in [9.17, 15) is 13.2 Å². The molecule has 0 radical (unpaired) electrons. The highest BCUT2D eigenvalue weighted by Gasteiger charge is 2.22. The lowest BCUT2D eigenvalue weighted by Crippen LogP contribution is -2.27. The summed E-state index contributed by atoms with van der Waals surface area (Å²) < 4.78 is 29.7. The molecule has 0 heterocycles. The van der Waals surface area contributed by atoms with Gasteiger partial charge in [0.2, 0.25) is 0 Å². The van der Waals surface area contributed by atoms with Crippen LogP contribution in [0.2, 0.25) is 0 Å². The highest BCUT2D eigenvalue weighted by molar-refractivity contribution is 7.91. The van der Waals surface area contributed by atoms with Crippen LogP contribution in [0.15, 0.2) is 29.2 Å². The quantitative estimate of drug-likeness (QED) is 0.535. The molecule has 0 aromatic heterocycles. The molecule has 5 heteroatoms. The van der Waals surface area contributed by atoms with Gasteiger partial charge < -0.3 is 4.74 Å². The van der Waals surface area contributed by atoms with Crippen molar-refractivity contribution in [3.8, 4) is 0 Å². The number of hydrogen-bond acceptors (Lipinski definition) is 4. The molecule has 0 fully saturated rings. The number of carbonyl (C=O) groups excluding carboxylic acids is 1. The number of sulfone groups is 1. The van der Waals surface area contributed by atoms with Gasteiger partial charge in [0.1, 0.15) is 5.60 Å². The molecule has 0 aliphatic carbocycles. The van der Waals surface area contributed by atoms with E-state index in [1.54, 1.807) is 0 Å². The van der Waals surface area contributed by atoms with Crippen molar-refractivity contribution in [3.05, 3.63) is 29.8 Å². The van der Waals surface area contributed by atoms with Crippen LogP contribution in [0.5, 0.6) is 0 Å². The molecule has 0 N–H and O–H groups in total. The van der Waals surface area contributed by atoms with E-state index in [1.807, 2.05) is 27.7 Å². The van der Waals surface area contributed by atoms with E-state index in [1.165, 1.54) is 24.3 Å². The van der Waals surface area contributed by atoms with Crippen molar-refractivity contribution < 1.29 is 17.9 Å². The molecular formula is C17H26O4S. The Balaban J connectivity index is 2.80. The zero-order valence-corrected chi connectivity index (χ0v) is 14.7. The fourth-order valence-corrected chi connectivity index (χ4v) is 3.21. The first-order chi connectivity index (χ1) is 10.2. The number of carbonyl (C=O) groups is 1. The summed E-state index contributed by atoms with van der Waals surface area (Å²) in [6, 6.07) is 6.00. The minimum atomic E-state index is -3.27. The summed E-state index contributed by atoms with van der Waals surface area (Å²) in [4.78, 5) is 12.3. The molecule has 1 rings (SSSR count). The van der Waals surface area contributed by atoms with Crippen molar-refractivity contribution in [3.63, 3.8) is 0 Å². The maximum absolute atomic E-state index is 12.1. The molecule has 0 aliphatic rings. The number of hydrogen-bond donors (Lipinski definition) is 0. The number of rotatable bonds is 8. The first-order valence-electron chi connectivity index (χ1n) is 7.78. The molecule has 0 bridgehead atoms. The summed E-state index contributed by atoms with van der Waals surface area (Å²) in [6.07, 6.45) is 3.25. The van der Waals surface area contributed by atoms with Gasteiger partial charge in [0, 0.05) is 0 Å². The fraction of sp³-hybridized carbons (Fsp3) is 0.588. The molecule has 22 heavy (non-hydrogen) atoms.